The molecule has 0 atom stereocenters. The molecule has 0 aliphatic carbocycles. The van der Waals surface area contributed by atoms with Gasteiger partial charge in [-0.15, -0.1) is 64.7 Å². The molecule has 4 aromatic carbocycles. The second-order valence-electron chi connectivity index (χ2n) is 22.0. The minimum atomic E-state index is -4.74. The van der Waals surface area contributed by atoms with E-state index in [9.17, 15) is 52.7 Å². The van der Waals surface area contributed by atoms with Crippen molar-refractivity contribution in [3.8, 4) is 0 Å². The minimum absolute atomic E-state index is 0. The summed E-state index contributed by atoms with van der Waals surface area (Å²) < 4.78 is 157. The normalized spacial score (nSPS) is 11.5. The standard InChI is InChI=1S/C18H21F2N2.C15H12F5N2.C15H15F2N2.C14H12F3N2.4Ir/c1-17(2,3)14-8-12(6-7-15(14)20)18(4,5)16-11-21-10-13(9-19)22-16;1-14(2,13-8-21-7-10(6-16)22-13)11-4-3-9(17)5-12(11)15(18,19)20;1-10-6-11(17)4-5-13(10)15(2,3)14-9-18-8-12(7-16)19-14;1-14(2,11-4-3-9(16)5-12(11)17)13-8-18-7-10(6-15)19-13;;;;/h7-8,10-11H,9H2,1-5H3;3,5,7-8H,6H2,1-2H3;4,6,8-9H,7H2,1-3H3;3,5,7-8H,6H2,1-2H3;;;;/q4*-1;;;;. The Morgan fingerprint density at radius 3 is 1.07 bits per heavy atom. The summed E-state index contributed by atoms with van der Waals surface area (Å²) in [5, 5.41) is 0. The van der Waals surface area contributed by atoms with Crippen molar-refractivity contribution in [3.63, 3.8) is 0 Å². The van der Waals surface area contributed by atoms with Crippen LogP contribution >= 0.6 is 0 Å². The van der Waals surface area contributed by atoms with Crippen LogP contribution in [0, 0.1) is 60.3 Å². The Balaban J connectivity index is 0.000000566. The van der Waals surface area contributed by atoms with Crippen molar-refractivity contribution in [1.82, 2.24) is 39.9 Å². The summed E-state index contributed by atoms with van der Waals surface area (Å²) >= 11 is 0. The van der Waals surface area contributed by atoms with Crippen LogP contribution in [0.15, 0.2) is 98.1 Å². The summed E-state index contributed by atoms with van der Waals surface area (Å²) in [5.74, 6) is -3.02. The van der Waals surface area contributed by atoms with Gasteiger partial charge in [-0.3, -0.25) is 61.8 Å². The predicted octanol–water partition coefficient (Wildman–Crippen LogP) is 15.6. The van der Waals surface area contributed by atoms with E-state index in [0.29, 0.717) is 40.1 Å². The van der Waals surface area contributed by atoms with E-state index in [2.05, 4.69) is 64.1 Å². The van der Waals surface area contributed by atoms with Crippen molar-refractivity contribution < 1.29 is 133 Å². The fourth-order valence-electron chi connectivity index (χ4n) is 8.40. The van der Waals surface area contributed by atoms with Crippen LogP contribution in [0.25, 0.3) is 0 Å². The summed E-state index contributed by atoms with van der Waals surface area (Å²) in [6.07, 6.45) is 6.50. The molecule has 8 rings (SSSR count). The fraction of sp³-hybridized carbons (Fsp3) is 0.355. The molecule has 8 nitrogen and oxygen atoms in total. The van der Waals surface area contributed by atoms with Gasteiger partial charge in [0.2, 0.25) is 0 Å². The van der Waals surface area contributed by atoms with E-state index >= 15 is 0 Å². The molecule has 24 heteroatoms. The van der Waals surface area contributed by atoms with Gasteiger partial charge in [0.15, 0.2) is 0 Å². The Morgan fingerprint density at radius 1 is 0.372 bits per heavy atom. The summed E-state index contributed by atoms with van der Waals surface area (Å²) in [6.45, 7) is 18.9. The maximum Gasteiger partial charge on any atom is 0.370 e. The zero-order valence-electron chi connectivity index (χ0n) is 48.5. The number of nitrogens with zero attached hydrogens (tertiary/aromatic N) is 8. The molecule has 0 spiro atoms. The maximum atomic E-state index is 14.1. The van der Waals surface area contributed by atoms with Crippen LogP contribution in [0.4, 0.5) is 52.7 Å². The number of rotatable bonds is 12. The van der Waals surface area contributed by atoms with Crippen LogP contribution < -0.4 is 0 Å². The van der Waals surface area contributed by atoms with E-state index in [4.69, 9.17) is 0 Å². The first kappa shape index (κ1) is 79.0. The number of aryl methyl sites for hydroxylation is 1. The zero-order chi connectivity index (χ0) is 61.2. The Hall–Kier alpha value is -5.04. The maximum absolute atomic E-state index is 14.1. The van der Waals surface area contributed by atoms with Crippen LogP contribution in [-0.4, -0.2) is 39.9 Å². The first-order valence-electron chi connectivity index (χ1n) is 25.3. The van der Waals surface area contributed by atoms with Crippen molar-refractivity contribution in [2.24, 2.45) is 0 Å². The second-order valence-corrected chi connectivity index (χ2v) is 22.0. The van der Waals surface area contributed by atoms with E-state index in [1.54, 1.807) is 26.2 Å². The predicted molar refractivity (Wildman–Crippen MR) is 285 cm³/mol. The van der Waals surface area contributed by atoms with Gasteiger partial charge in [0.25, 0.3) is 0 Å². The molecule has 8 aromatic rings. The third kappa shape index (κ3) is 20.0. The number of benzene rings is 4. The zero-order valence-corrected chi connectivity index (χ0v) is 58.1. The van der Waals surface area contributed by atoms with Gasteiger partial charge in [-0.2, -0.15) is 54.6 Å². The Labute approximate surface area is 548 Å². The Kier molecular flexibility index (Phi) is 30.3. The first-order chi connectivity index (χ1) is 38.2. The first-order valence-corrected chi connectivity index (χ1v) is 25.3. The second kappa shape index (κ2) is 33.0. The summed E-state index contributed by atoms with van der Waals surface area (Å²) in [7, 11) is 0. The van der Waals surface area contributed by atoms with E-state index in [1.807, 2.05) is 61.5 Å². The molecule has 0 saturated heterocycles. The molecule has 0 saturated carbocycles. The molecule has 86 heavy (non-hydrogen) atoms. The third-order valence-corrected chi connectivity index (χ3v) is 13.3. The smallest absolute Gasteiger partial charge is 0.284 e. The molecule has 4 radical (unpaired) electrons. The van der Waals surface area contributed by atoms with Crippen LogP contribution in [0.2, 0.25) is 0 Å². The SMILES string of the molecule is CC(C)(C)c1cc(C(C)(C)c2cncc(CF)n2)[c-]cc1F.CC(C)(c1cncc(CF)n1)c1[c-]cc(F)cc1C(F)(F)F.CC(C)(c1cncc(CF)n1)c1[c-]cc(F)cc1F.Cc1cc(F)c[c-]c1C(C)(C)c1cncc(CF)n1.[Ir].[Ir].[Ir].[Ir]. The number of aromatic nitrogens is 8. The van der Waals surface area contributed by atoms with Gasteiger partial charge in [0.1, 0.15) is 26.7 Å². The molecule has 0 unspecified atom stereocenters. The van der Waals surface area contributed by atoms with Crippen molar-refractivity contribution in [2.75, 3.05) is 0 Å². The molecule has 4 aromatic heterocycles. The minimum Gasteiger partial charge on any atom is -0.284 e. The fourth-order valence-corrected chi connectivity index (χ4v) is 8.40. The number of hydrogen-bond donors (Lipinski definition) is 0. The molecule has 4 heterocycles. The molecule has 0 amide bonds. The van der Waals surface area contributed by atoms with Crippen molar-refractivity contribution in [3.05, 3.63) is 236 Å². The topological polar surface area (TPSA) is 103 Å². The average Bonchev–Trinajstić information content (AvgIpc) is 3.39. The Morgan fingerprint density at radius 2 is 0.709 bits per heavy atom. The van der Waals surface area contributed by atoms with Gasteiger partial charge in [0.05, 0.1) is 70.3 Å². The van der Waals surface area contributed by atoms with Crippen LogP contribution in [0.1, 0.15) is 161 Å². The number of alkyl halides is 7. The molecule has 0 N–H and O–H groups in total. The molecule has 472 valence electrons. The van der Waals surface area contributed by atoms with E-state index < -0.39 is 77.5 Å². The van der Waals surface area contributed by atoms with Gasteiger partial charge in [-0.05, 0) is 11.0 Å². The molecular formula is C62H60F12Ir4N8-4. The van der Waals surface area contributed by atoms with Crippen LogP contribution in [0.3, 0.4) is 0 Å². The van der Waals surface area contributed by atoms with E-state index in [-0.39, 0.29) is 126 Å². The largest absolute Gasteiger partial charge is 0.370 e. The molecule has 0 aliphatic heterocycles. The number of halogens is 12. The van der Waals surface area contributed by atoms with E-state index in [0.717, 1.165) is 34.9 Å². The van der Waals surface area contributed by atoms with Crippen LogP contribution in [-0.2, 0) is 140 Å². The van der Waals surface area contributed by atoms with Gasteiger partial charge in [-0.1, -0.05) is 83.1 Å². The molecular weight excluding hydrogens is 1850 g/mol. The number of hydrogen-bond acceptors (Lipinski definition) is 8. The van der Waals surface area contributed by atoms with Crippen molar-refractivity contribution in [2.45, 2.75) is 143 Å². The van der Waals surface area contributed by atoms with E-state index in [1.165, 1.54) is 69.2 Å². The van der Waals surface area contributed by atoms with Crippen molar-refractivity contribution in [1.29, 1.82) is 0 Å². The van der Waals surface area contributed by atoms with Crippen molar-refractivity contribution >= 4 is 0 Å². The molecule has 0 bridgehead atoms. The summed E-state index contributed by atoms with van der Waals surface area (Å²) in [4.78, 5) is 32.3. The van der Waals surface area contributed by atoms with Gasteiger partial charge in [-0.25, -0.2) is 17.6 Å². The van der Waals surface area contributed by atoms with Gasteiger partial charge >= 0.3 is 6.18 Å². The van der Waals surface area contributed by atoms with Gasteiger partial charge in [0, 0.05) is 156 Å². The van der Waals surface area contributed by atoms with Crippen LogP contribution in [0.5, 0.6) is 0 Å². The molecule has 0 aliphatic rings. The van der Waals surface area contributed by atoms with Gasteiger partial charge < -0.3 is 0 Å². The summed E-state index contributed by atoms with van der Waals surface area (Å²) in [5.41, 5.74) is 0.953. The third-order valence-electron chi connectivity index (χ3n) is 13.3. The monoisotopic (exact) mass is 1920 g/mol. The summed E-state index contributed by atoms with van der Waals surface area (Å²) in [6, 6.07) is 19.9. The molecule has 0 fully saturated rings. The average molecular weight is 1910 g/mol. The Bertz CT molecular complexity index is 3370. The quantitative estimate of drug-likeness (QED) is 0.0880.